The van der Waals surface area contributed by atoms with Crippen LogP contribution in [0.2, 0.25) is 0 Å². The summed E-state index contributed by atoms with van der Waals surface area (Å²) >= 11 is 3.45. The molecule has 1 rings (SSSR count). The lowest BCUT2D eigenvalue weighted by atomic mass is 9.88. The van der Waals surface area contributed by atoms with Crippen LogP contribution < -0.4 is 10.6 Å². The summed E-state index contributed by atoms with van der Waals surface area (Å²) in [5.41, 5.74) is 2.24. The zero-order valence-electron chi connectivity index (χ0n) is 11.9. The maximum absolute atomic E-state index is 11.7. The van der Waals surface area contributed by atoms with Crippen molar-refractivity contribution < 1.29 is 4.79 Å². The van der Waals surface area contributed by atoms with Crippen molar-refractivity contribution in [1.82, 2.24) is 10.6 Å². The van der Waals surface area contributed by atoms with Crippen molar-refractivity contribution in [3.05, 3.63) is 46.1 Å². The Labute approximate surface area is 123 Å². The lowest BCUT2D eigenvalue weighted by Crippen LogP contribution is -2.32. The number of carbonyl (C=O) groups is 1. The van der Waals surface area contributed by atoms with Crippen LogP contribution in [0.15, 0.2) is 40.5 Å². The molecule has 0 aromatic heterocycles. The van der Waals surface area contributed by atoms with E-state index >= 15 is 0 Å². The first-order valence-electron chi connectivity index (χ1n) is 6.25. The first-order chi connectivity index (χ1) is 8.80. The van der Waals surface area contributed by atoms with Crippen LogP contribution in [0.5, 0.6) is 0 Å². The molecule has 0 unspecified atom stereocenters. The molecule has 0 aliphatic carbocycles. The summed E-state index contributed by atoms with van der Waals surface area (Å²) in [5, 5.41) is 5.57. The zero-order valence-corrected chi connectivity index (χ0v) is 13.5. The summed E-state index contributed by atoms with van der Waals surface area (Å²) in [6, 6.07) is 7.63. The number of benzene rings is 1. The highest BCUT2D eigenvalue weighted by molar-refractivity contribution is 9.10. The highest BCUT2D eigenvalue weighted by Crippen LogP contribution is 2.23. The number of amides is 2. The molecule has 0 aliphatic rings. The molecular weight excluding hydrogens is 304 g/mol. The fourth-order valence-corrected chi connectivity index (χ4v) is 1.68. The van der Waals surface area contributed by atoms with Gasteiger partial charge in [-0.15, -0.1) is 0 Å². The minimum atomic E-state index is -0.195. The third kappa shape index (κ3) is 5.47. The van der Waals surface area contributed by atoms with E-state index in [-0.39, 0.29) is 11.4 Å². The van der Waals surface area contributed by atoms with E-state index in [9.17, 15) is 4.79 Å². The van der Waals surface area contributed by atoms with Gasteiger partial charge < -0.3 is 10.6 Å². The number of hydrogen-bond donors (Lipinski definition) is 2. The van der Waals surface area contributed by atoms with Gasteiger partial charge in [-0.25, -0.2) is 4.79 Å². The van der Waals surface area contributed by atoms with Gasteiger partial charge in [0.05, 0.1) is 0 Å². The van der Waals surface area contributed by atoms with Gasteiger partial charge in [-0.3, -0.25) is 0 Å². The second kappa shape index (κ2) is 6.75. The standard InChI is InChI=1S/C15H21BrN2O/c1-11(15(2,3)4)9-17-14(19)18-10-12-7-5-6-8-13(12)16/h5-9H,10H2,1-4H3,(H2,17,18,19)/b11-9+. The maximum atomic E-state index is 11.7. The second-order valence-corrected chi connectivity index (χ2v) is 6.35. The molecule has 2 amide bonds. The van der Waals surface area contributed by atoms with Crippen LogP contribution in [0.25, 0.3) is 0 Å². The van der Waals surface area contributed by atoms with Crippen molar-refractivity contribution >= 4 is 22.0 Å². The Kier molecular flexibility index (Phi) is 5.60. The van der Waals surface area contributed by atoms with Gasteiger partial charge in [-0.2, -0.15) is 0 Å². The molecule has 4 heteroatoms. The molecule has 0 spiro atoms. The molecule has 0 saturated heterocycles. The number of urea groups is 1. The molecule has 1 aromatic carbocycles. The van der Waals surface area contributed by atoms with Gasteiger partial charge in [0.1, 0.15) is 0 Å². The average molecular weight is 325 g/mol. The van der Waals surface area contributed by atoms with E-state index in [0.29, 0.717) is 6.54 Å². The maximum Gasteiger partial charge on any atom is 0.319 e. The van der Waals surface area contributed by atoms with E-state index in [1.165, 1.54) is 0 Å². The molecule has 2 N–H and O–H groups in total. The number of hydrogen-bond acceptors (Lipinski definition) is 1. The van der Waals surface area contributed by atoms with Crippen molar-refractivity contribution in [1.29, 1.82) is 0 Å². The van der Waals surface area contributed by atoms with Gasteiger partial charge in [-0.1, -0.05) is 60.5 Å². The molecule has 0 heterocycles. The summed E-state index contributed by atoms with van der Waals surface area (Å²) in [7, 11) is 0. The van der Waals surface area contributed by atoms with Gasteiger partial charge in [0.25, 0.3) is 0 Å². The summed E-state index contributed by atoms with van der Waals surface area (Å²) in [4.78, 5) is 11.7. The Morgan fingerprint density at radius 2 is 1.95 bits per heavy atom. The molecule has 104 valence electrons. The van der Waals surface area contributed by atoms with E-state index in [1.807, 2.05) is 31.2 Å². The smallest absolute Gasteiger partial charge is 0.319 e. The fourth-order valence-electron chi connectivity index (χ4n) is 1.26. The number of allylic oxidation sites excluding steroid dienone is 1. The first kappa shape index (κ1) is 15.8. The first-order valence-corrected chi connectivity index (χ1v) is 7.05. The monoisotopic (exact) mass is 324 g/mol. The van der Waals surface area contributed by atoms with Gasteiger partial charge in [0.2, 0.25) is 0 Å². The average Bonchev–Trinajstić information content (AvgIpc) is 2.33. The van der Waals surface area contributed by atoms with E-state index in [4.69, 9.17) is 0 Å². The third-order valence-electron chi connectivity index (χ3n) is 3.00. The summed E-state index contributed by atoms with van der Waals surface area (Å²) in [6.45, 7) is 8.84. The Morgan fingerprint density at radius 1 is 1.32 bits per heavy atom. The van der Waals surface area contributed by atoms with Crippen LogP contribution in [0.4, 0.5) is 4.79 Å². The van der Waals surface area contributed by atoms with Crippen molar-refractivity contribution in [2.24, 2.45) is 5.41 Å². The fraction of sp³-hybridized carbons (Fsp3) is 0.400. The van der Waals surface area contributed by atoms with Crippen molar-refractivity contribution in [2.75, 3.05) is 0 Å². The third-order valence-corrected chi connectivity index (χ3v) is 3.77. The molecule has 1 aromatic rings. The van der Waals surface area contributed by atoms with Crippen LogP contribution >= 0.6 is 15.9 Å². The summed E-state index contributed by atoms with van der Waals surface area (Å²) in [6.07, 6.45) is 1.76. The SMILES string of the molecule is C/C(=C\NC(=O)NCc1ccccc1Br)C(C)(C)C. The van der Waals surface area contributed by atoms with E-state index in [0.717, 1.165) is 15.6 Å². The molecule has 0 atom stereocenters. The van der Waals surface area contributed by atoms with Gasteiger partial charge in [0.15, 0.2) is 0 Å². The van der Waals surface area contributed by atoms with Crippen molar-refractivity contribution in [3.63, 3.8) is 0 Å². The van der Waals surface area contributed by atoms with Crippen LogP contribution in [0, 0.1) is 5.41 Å². The highest BCUT2D eigenvalue weighted by Gasteiger charge is 2.12. The number of nitrogens with one attached hydrogen (secondary N) is 2. The molecule has 0 radical (unpaired) electrons. The number of rotatable bonds is 3. The number of carbonyl (C=O) groups excluding carboxylic acids is 1. The van der Waals surface area contributed by atoms with Crippen LogP contribution in [0.3, 0.4) is 0 Å². The normalized spacial score (nSPS) is 12.2. The predicted octanol–water partition coefficient (Wildman–Crippen LogP) is 4.20. The zero-order chi connectivity index (χ0) is 14.5. The minimum Gasteiger partial charge on any atom is -0.334 e. The summed E-state index contributed by atoms with van der Waals surface area (Å²) in [5.74, 6) is 0. The Balaban J connectivity index is 2.48. The van der Waals surface area contributed by atoms with Crippen molar-refractivity contribution in [3.8, 4) is 0 Å². The Bertz CT molecular complexity index is 475. The van der Waals surface area contributed by atoms with Gasteiger partial charge >= 0.3 is 6.03 Å². The molecule has 0 saturated carbocycles. The number of halogens is 1. The molecule has 0 aliphatic heterocycles. The van der Waals surface area contributed by atoms with E-state index in [2.05, 4.69) is 47.3 Å². The molecule has 0 bridgehead atoms. The topological polar surface area (TPSA) is 41.1 Å². The van der Waals surface area contributed by atoms with E-state index < -0.39 is 0 Å². The molecule has 3 nitrogen and oxygen atoms in total. The van der Waals surface area contributed by atoms with Gasteiger partial charge in [-0.05, 0) is 24.0 Å². The second-order valence-electron chi connectivity index (χ2n) is 5.50. The quantitative estimate of drug-likeness (QED) is 0.859. The lowest BCUT2D eigenvalue weighted by molar-refractivity contribution is 0.243. The van der Waals surface area contributed by atoms with Crippen LogP contribution in [0.1, 0.15) is 33.3 Å². The summed E-state index contributed by atoms with van der Waals surface area (Å²) < 4.78 is 0.997. The van der Waals surface area contributed by atoms with Crippen LogP contribution in [-0.4, -0.2) is 6.03 Å². The molecule has 0 fully saturated rings. The van der Waals surface area contributed by atoms with E-state index in [1.54, 1.807) is 6.20 Å². The van der Waals surface area contributed by atoms with Gasteiger partial charge in [0, 0.05) is 17.2 Å². The minimum absolute atomic E-state index is 0.0652. The predicted molar refractivity (Wildman–Crippen MR) is 82.7 cm³/mol. The molecular formula is C15H21BrN2O. The Morgan fingerprint density at radius 3 is 2.53 bits per heavy atom. The van der Waals surface area contributed by atoms with Crippen LogP contribution in [-0.2, 0) is 6.54 Å². The largest absolute Gasteiger partial charge is 0.334 e. The Hall–Kier alpha value is -1.29. The molecule has 19 heavy (non-hydrogen) atoms. The van der Waals surface area contributed by atoms with Crippen molar-refractivity contribution in [2.45, 2.75) is 34.2 Å². The lowest BCUT2D eigenvalue weighted by Gasteiger charge is -2.19. The highest BCUT2D eigenvalue weighted by atomic mass is 79.9.